The molecule has 2 aromatic rings. The second kappa shape index (κ2) is 10.7. The van der Waals surface area contributed by atoms with Crippen LogP contribution in [0.3, 0.4) is 0 Å². The van der Waals surface area contributed by atoms with Crippen molar-refractivity contribution in [3.63, 3.8) is 0 Å². The molecule has 0 aromatic heterocycles. The lowest BCUT2D eigenvalue weighted by atomic mass is 10.1. The number of ketones is 1. The molecule has 0 aliphatic heterocycles. The molecule has 0 atom stereocenters. The molecule has 132 valence electrons. The predicted molar refractivity (Wildman–Crippen MR) is 106 cm³/mol. The van der Waals surface area contributed by atoms with Crippen molar-refractivity contribution in [1.82, 2.24) is 0 Å². The summed E-state index contributed by atoms with van der Waals surface area (Å²) in [5.41, 5.74) is 1.61. The van der Waals surface area contributed by atoms with Gasteiger partial charge in [-0.05, 0) is 60.9 Å². The van der Waals surface area contributed by atoms with Crippen molar-refractivity contribution in [1.29, 1.82) is 0 Å². The Labute approximate surface area is 157 Å². The Balaban J connectivity index is 1.90. The predicted octanol–water partition coefficient (Wildman–Crippen LogP) is 5.54. The lowest BCUT2D eigenvalue weighted by Crippen LogP contribution is -1.97. The zero-order chi connectivity index (χ0) is 17.9. The van der Waals surface area contributed by atoms with Crippen LogP contribution in [0, 0.1) is 0 Å². The van der Waals surface area contributed by atoms with E-state index in [4.69, 9.17) is 9.47 Å². The maximum atomic E-state index is 12.2. The number of rotatable bonds is 10. The van der Waals surface area contributed by atoms with Crippen LogP contribution in [-0.2, 0) is 0 Å². The molecule has 0 radical (unpaired) electrons. The van der Waals surface area contributed by atoms with Crippen LogP contribution < -0.4 is 9.47 Å². The molecular formula is C21H23BrO3. The molecule has 0 aliphatic rings. The third kappa shape index (κ3) is 6.75. The Bertz CT molecular complexity index is 675. The summed E-state index contributed by atoms with van der Waals surface area (Å²) in [6.07, 6.45) is 5.33. The van der Waals surface area contributed by atoms with Gasteiger partial charge in [-0.3, -0.25) is 4.79 Å². The topological polar surface area (TPSA) is 35.5 Å². The third-order valence-electron chi connectivity index (χ3n) is 3.47. The van der Waals surface area contributed by atoms with Gasteiger partial charge in [0.2, 0.25) is 0 Å². The fourth-order valence-corrected chi connectivity index (χ4v) is 2.35. The summed E-state index contributed by atoms with van der Waals surface area (Å²) < 4.78 is 11.1. The van der Waals surface area contributed by atoms with Gasteiger partial charge in [-0.15, -0.1) is 0 Å². The zero-order valence-electron chi connectivity index (χ0n) is 14.4. The molecule has 2 rings (SSSR count). The third-order valence-corrected chi connectivity index (χ3v) is 4.03. The van der Waals surface area contributed by atoms with Gasteiger partial charge in [0.05, 0.1) is 13.2 Å². The first-order valence-electron chi connectivity index (χ1n) is 8.47. The molecule has 0 unspecified atom stereocenters. The fraction of sp³-hybridized carbons (Fsp3) is 0.286. The minimum Gasteiger partial charge on any atom is -0.494 e. The number of carbonyl (C=O) groups excluding carboxylic acids is 1. The SMILES string of the molecule is CCCOc1ccc(C(=O)C=Cc2ccc(OCCCBr)cc2)cc1. The second-order valence-electron chi connectivity index (χ2n) is 5.53. The Morgan fingerprint density at radius 3 is 2.16 bits per heavy atom. The van der Waals surface area contributed by atoms with Gasteiger partial charge >= 0.3 is 0 Å². The van der Waals surface area contributed by atoms with E-state index in [0.717, 1.165) is 35.2 Å². The summed E-state index contributed by atoms with van der Waals surface area (Å²) in [5.74, 6) is 1.60. The Morgan fingerprint density at radius 1 is 0.960 bits per heavy atom. The van der Waals surface area contributed by atoms with Gasteiger partial charge in [0.25, 0.3) is 0 Å². The van der Waals surface area contributed by atoms with E-state index in [1.165, 1.54) is 0 Å². The smallest absolute Gasteiger partial charge is 0.185 e. The highest BCUT2D eigenvalue weighted by atomic mass is 79.9. The van der Waals surface area contributed by atoms with Crippen molar-refractivity contribution in [2.24, 2.45) is 0 Å². The molecule has 3 nitrogen and oxygen atoms in total. The van der Waals surface area contributed by atoms with Gasteiger partial charge in [-0.1, -0.05) is 41.1 Å². The molecule has 0 heterocycles. The number of halogens is 1. The summed E-state index contributed by atoms with van der Waals surface area (Å²) >= 11 is 3.37. The van der Waals surface area contributed by atoms with Crippen LogP contribution in [0.25, 0.3) is 6.08 Å². The first kappa shape index (κ1) is 19.3. The standard InChI is InChI=1S/C21H23BrO3/c1-2-15-24-20-11-7-18(8-12-20)21(23)13-6-17-4-9-19(10-5-17)25-16-3-14-22/h4-13H,2-3,14-16H2,1H3. The number of carbonyl (C=O) groups is 1. The molecule has 0 N–H and O–H groups in total. The Hall–Kier alpha value is -2.07. The van der Waals surface area contributed by atoms with Gasteiger partial charge in [0.1, 0.15) is 11.5 Å². The van der Waals surface area contributed by atoms with E-state index in [1.54, 1.807) is 18.2 Å². The van der Waals surface area contributed by atoms with Crippen molar-refractivity contribution in [2.75, 3.05) is 18.5 Å². The first-order chi connectivity index (χ1) is 12.2. The fourth-order valence-electron chi connectivity index (χ4n) is 2.12. The van der Waals surface area contributed by atoms with E-state index in [0.29, 0.717) is 18.8 Å². The van der Waals surface area contributed by atoms with Crippen molar-refractivity contribution in [3.8, 4) is 11.5 Å². The first-order valence-corrected chi connectivity index (χ1v) is 9.59. The van der Waals surface area contributed by atoms with E-state index in [-0.39, 0.29) is 5.78 Å². The van der Waals surface area contributed by atoms with Crippen LogP contribution in [0.4, 0.5) is 0 Å². The van der Waals surface area contributed by atoms with Crippen molar-refractivity contribution in [3.05, 3.63) is 65.7 Å². The van der Waals surface area contributed by atoms with Gasteiger partial charge < -0.3 is 9.47 Å². The van der Waals surface area contributed by atoms with E-state index < -0.39 is 0 Å². The number of hydrogen-bond donors (Lipinski definition) is 0. The highest BCUT2D eigenvalue weighted by Gasteiger charge is 2.02. The van der Waals surface area contributed by atoms with Crippen molar-refractivity contribution < 1.29 is 14.3 Å². The lowest BCUT2D eigenvalue weighted by molar-refractivity contribution is 0.104. The monoisotopic (exact) mass is 402 g/mol. The van der Waals surface area contributed by atoms with Crippen LogP contribution in [0.15, 0.2) is 54.6 Å². The van der Waals surface area contributed by atoms with Crippen LogP contribution in [0.1, 0.15) is 35.7 Å². The van der Waals surface area contributed by atoms with E-state index >= 15 is 0 Å². The number of allylic oxidation sites excluding steroid dienone is 1. The minimum atomic E-state index is -0.0281. The van der Waals surface area contributed by atoms with Crippen LogP contribution in [0.5, 0.6) is 11.5 Å². The summed E-state index contributed by atoms with van der Waals surface area (Å²) in [4.78, 5) is 12.2. The number of benzene rings is 2. The number of ether oxygens (including phenoxy) is 2. The number of hydrogen-bond acceptors (Lipinski definition) is 3. The number of alkyl halides is 1. The van der Waals surface area contributed by atoms with E-state index in [9.17, 15) is 4.79 Å². The Kier molecular flexibility index (Phi) is 8.26. The molecule has 0 amide bonds. The lowest BCUT2D eigenvalue weighted by Gasteiger charge is -2.05. The summed E-state index contributed by atoms with van der Waals surface area (Å²) in [7, 11) is 0. The highest BCUT2D eigenvalue weighted by Crippen LogP contribution is 2.16. The summed E-state index contributed by atoms with van der Waals surface area (Å²) in [6.45, 7) is 3.44. The van der Waals surface area contributed by atoms with Crippen molar-refractivity contribution in [2.45, 2.75) is 19.8 Å². The second-order valence-corrected chi connectivity index (χ2v) is 6.32. The molecule has 25 heavy (non-hydrogen) atoms. The molecular weight excluding hydrogens is 380 g/mol. The largest absolute Gasteiger partial charge is 0.494 e. The highest BCUT2D eigenvalue weighted by molar-refractivity contribution is 9.09. The summed E-state index contributed by atoms with van der Waals surface area (Å²) in [5, 5.41) is 0.932. The average Bonchev–Trinajstić information content (AvgIpc) is 2.66. The van der Waals surface area contributed by atoms with Crippen LogP contribution >= 0.6 is 15.9 Å². The normalized spacial score (nSPS) is 10.8. The molecule has 0 aliphatic carbocycles. The van der Waals surface area contributed by atoms with Crippen molar-refractivity contribution >= 4 is 27.8 Å². The molecule has 4 heteroatoms. The van der Waals surface area contributed by atoms with E-state index in [2.05, 4.69) is 22.9 Å². The van der Waals surface area contributed by atoms with Gasteiger partial charge in [-0.2, -0.15) is 0 Å². The van der Waals surface area contributed by atoms with Gasteiger partial charge in [-0.25, -0.2) is 0 Å². The Morgan fingerprint density at radius 2 is 1.56 bits per heavy atom. The summed E-state index contributed by atoms with van der Waals surface area (Å²) in [6, 6.07) is 14.9. The van der Waals surface area contributed by atoms with Crippen LogP contribution in [-0.4, -0.2) is 24.3 Å². The van der Waals surface area contributed by atoms with Crippen LogP contribution in [0.2, 0.25) is 0 Å². The zero-order valence-corrected chi connectivity index (χ0v) is 16.0. The minimum absolute atomic E-state index is 0.0281. The molecule has 0 fully saturated rings. The molecule has 0 saturated carbocycles. The average molecular weight is 403 g/mol. The quantitative estimate of drug-likeness (QED) is 0.226. The maximum Gasteiger partial charge on any atom is 0.185 e. The van der Waals surface area contributed by atoms with Gasteiger partial charge in [0.15, 0.2) is 5.78 Å². The molecule has 0 saturated heterocycles. The molecule has 0 bridgehead atoms. The molecule has 0 spiro atoms. The van der Waals surface area contributed by atoms with Gasteiger partial charge in [0, 0.05) is 10.9 Å². The van der Waals surface area contributed by atoms with E-state index in [1.807, 2.05) is 42.5 Å². The molecule has 2 aromatic carbocycles. The maximum absolute atomic E-state index is 12.2.